The average Bonchev–Trinajstić information content (AvgIpc) is 2.99. The molecule has 43 heavy (non-hydrogen) atoms. The van der Waals surface area contributed by atoms with Gasteiger partial charge in [-0.15, -0.1) is 0 Å². The second-order valence-corrected chi connectivity index (χ2v) is 24.7. The van der Waals surface area contributed by atoms with Crippen molar-refractivity contribution in [2.75, 3.05) is 26.4 Å². The van der Waals surface area contributed by atoms with Crippen molar-refractivity contribution >= 4 is 13.3 Å². The maximum atomic E-state index is 13.8. The number of rotatable bonds is 26. The second kappa shape index (κ2) is 22.7. The molecule has 5 nitrogen and oxygen atoms in total. The van der Waals surface area contributed by atoms with Crippen LogP contribution in [0.4, 0.5) is 8.78 Å². The van der Waals surface area contributed by atoms with Gasteiger partial charge in [0.2, 0.25) is 0 Å². The summed E-state index contributed by atoms with van der Waals surface area (Å²) in [4.78, 5) is 8.91. The molecule has 1 aromatic carbocycles. The van der Waals surface area contributed by atoms with Crippen LogP contribution < -0.4 is 9.47 Å². The number of unbranched alkanes of at least 4 members (excludes halogenated alkanes) is 10. The Morgan fingerprint density at radius 3 is 1.81 bits per heavy atom. The minimum absolute atomic E-state index is 0.149. The molecule has 0 aliphatic carbocycles. The molecule has 0 bridgehead atoms. The zero-order valence-corrected chi connectivity index (χ0v) is 29.5. The van der Waals surface area contributed by atoms with Crippen molar-refractivity contribution in [2.45, 2.75) is 132 Å². The van der Waals surface area contributed by atoms with Gasteiger partial charge in [0.15, 0.2) is 17.7 Å². The third-order valence-electron chi connectivity index (χ3n) is 7.54. The van der Waals surface area contributed by atoms with E-state index in [9.17, 15) is 8.78 Å². The van der Waals surface area contributed by atoms with Crippen LogP contribution in [0, 0.1) is 0 Å². The van der Waals surface area contributed by atoms with E-state index in [0.717, 1.165) is 69.3 Å². The normalized spacial score (nSPS) is 13.2. The second-order valence-electron chi connectivity index (χ2n) is 12.9. The van der Waals surface area contributed by atoms with Gasteiger partial charge in [-0.25, -0.2) is 18.7 Å². The fraction of sp³-hybridized carbons (Fsp3) is 0.714. The molecule has 244 valence electrons. The Kier molecular flexibility index (Phi) is 19.8. The molecule has 8 heteroatoms. The van der Waals surface area contributed by atoms with Crippen molar-refractivity contribution in [3.05, 3.63) is 36.7 Å². The molecule has 2 rings (SSSR count). The number of aromatic nitrogens is 2. The molecule has 2 atom stereocenters. The Hall–Kier alpha value is -1.74. The SMILES string of the molecule is CCCCC[C@@H](F)[C@H](F)COCCCCCCOc1cnc(-c2ccc(OCCCCCCC[CH2][Ge]([CH3])([CH3])[CH3])cc2)nc1. The number of nitrogens with zero attached hydrogens (tertiary/aromatic N) is 2. The number of ether oxygens (including phenoxy) is 3. The van der Waals surface area contributed by atoms with Gasteiger partial charge in [-0.1, -0.05) is 32.6 Å². The van der Waals surface area contributed by atoms with Gasteiger partial charge < -0.3 is 9.47 Å². The first-order valence-electron chi connectivity index (χ1n) is 16.8. The molecule has 1 heterocycles. The predicted octanol–water partition coefficient (Wildman–Crippen LogP) is 10.4. The first kappa shape index (κ1) is 37.4. The van der Waals surface area contributed by atoms with Crippen LogP contribution in [0.1, 0.15) is 96.8 Å². The molecule has 0 radical (unpaired) electrons. The van der Waals surface area contributed by atoms with E-state index in [2.05, 4.69) is 34.2 Å². The number of alkyl halides is 2. The number of hydrogen-bond donors (Lipinski definition) is 0. The van der Waals surface area contributed by atoms with E-state index < -0.39 is 25.6 Å². The summed E-state index contributed by atoms with van der Waals surface area (Å²) in [6.45, 7) is 3.71. The van der Waals surface area contributed by atoms with Gasteiger partial charge in [0.25, 0.3) is 0 Å². The van der Waals surface area contributed by atoms with E-state index in [1.165, 1.54) is 37.4 Å². The number of halogens is 2. The quantitative estimate of drug-likeness (QED) is 0.0740. The van der Waals surface area contributed by atoms with E-state index in [0.29, 0.717) is 24.8 Å². The van der Waals surface area contributed by atoms with Gasteiger partial charge in [-0.2, -0.15) is 0 Å². The van der Waals surface area contributed by atoms with Gasteiger partial charge in [-0.05, 0) is 25.7 Å². The molecule has 0 N–H and O–H groups in total. The third-order valence-corrected chi connectivity index (χ3v) is 11.4. The standard InChI is InChI=1S/C35H58F2GeN2O3/c1-5-6-13-18-33(36)34(37)29-41-24-15-11-12-17-26-43-32-27-39-35(40-28-32)30-19-21-31(22-20-30)42-25-16-10-8-7-9-14-23-38(2,3)4/h19-22,27-28,33-34H,5-18,23-26,29H2,1-4H3/t33-,34-/m1/s1. The molecule has 0 saturated carbocycles. The zero-order valence-electron chi connectivity index (χ0n) is 27.4. The topological polar surface area (TPSA) is 53.5 Å². The van der Waals surface area contributed by atoms with E-state index in [1.807, 2.05) is 24.3 Å². The average molecular weight is 665 g/mol. The zero-order chi connectivity index (χ0) is 31.2. The van der Waals surface area contributed by atoms with Crippen LogP contribution in [0.25, 0.3) is 11.4 Å². The van der Waals surface area contributed by atoms with E-state index >= 15 is 0 Å². The smallest absolute Gasteiger partial charge is 0.233 e. The predicted molar refractivity (Wildman–Crippen MR) is 178 cm³/mol. The maximum absolute atomic E-state index is 13.8. The summed E-state index contributed by atoms with van der Waals surface area (Å²) >= 11 is -1.34. The summed E-state index contributed by atoms with van der Waals surface area (Å²) in [6, 6.07) is 7.94. The summed E-state index contributed by atoms with van der Waals surface area (Å²) in [7, 11) is 0. The Balaban J connectivity index is 1.50. The van der Waals surface area contributed by atoms with Crippen LogP contribution >= 0.6 is 0 Å². The fourth-order valence-corrected chi connectivity index (χ4v) is 7.56. The van der Waals surface area contributed by atoms with Gasteiger partial charge in [0.05, 0.1) is 25.6 Å². The van der Waals surface area contributed by atoms with E-state index in [-0.39, 0.29) is 13.0 Å². The third kappa shape index (κ3) is 18.6. The summed E-state index contributed by atoms with van der Waals surface area (Å²) in [6.07, 6.45) is 14.9. The van der Waals surface area contributed by atoms with Crippen molar-refractivity contribution in [1.29, 1.82) is 0 Å². The van der Waals surface area contributed by atoms with Gasteiger partial charge >= 0.3 is 116 Å². The van der Waals surface area contributed by atoms with Gasteiger partial charge in [-0.3, -0.25) is 0 Å². The van der Waals surface area contributed by atoms with E-state index in [1.54, 1.807) is 12.4 Å². The summed E-state index contributed by atoms with van der Waals surface area (Å²) in [5.74, 6) is 9.69. The minimum Gasteiger partial charge on any atom is -0.233 e. The summed E-state index contributed by atoms with van der Waals surface area (Å²) in [5, 5.41) is 1.50. The molecule has 1 aromatic heterocycles. The van der Waals surface area contributed by atoms with Crippen molar-refractivity contribution in [3.8, 4) is 22.9 Å². The summed E-state index contributed by atoms with van der Waals surface area (Å²) in [5.41, 5.74) is 0.943. The molecule has 0 spiro atoms. The molecule has 0 amide bonds. The first-order valence-corrected chi connectivity index (χ1v) is 24.6. The van der Waals surface area contributed by atoms with Crippen LogP contribution in [0.2, 0.25) is 22.5 Å². The summed E-state index contributed by atoms with van der Waals surface area (Å²) < 4.78 is 44.5. The molecule has 0 aliphatic rings. The van der Waals surface area contributed by atoms with Gasteiger partial charge in [0, 0.05) is 12.2 Å². The van der Waals surface area contributed by atoms with Crippen molar-refractivity contribution in [3.63, 3.8) is 0 Å². The molecule has 2 aromatic rings. The molecular formula is C35H58F2GeN2O3. The molecule has 0 aliphatic heterocycles. The minimum atomic E-state index is -1.52. The van der Waals surface area contributed by atoms with Crippen molar-refractivity contribution in [2.24, 2.45) is 0 Å². The van der Waals surface area contributed by atoms with Crippen molar-refractivity contribution in [1.82, 2.24) is 9.97 Å². The molecular weight excluding hydrogens is 607 g/mol. The van der Waals surface area contributed by atoms with Crippen LogP contribution in [-0.2, 0) is 4.74 Å². The van der Waals surface area contributed by atoms with E-state index in [4.69, 9.17) is 14.2 Å². The Labute approximate surface area is 263 Å². The van der Waals surface area contributed by atoms with Crippen LogP contribution in [0.15, 0.2) is 36.7 Å². The molecule has 0 fully saturated rings. The van der Waals surface area contributed by atoms with Crippen molar-refractivity contribution < 1.29 is 23.0 Å². The Bertz CT molecular complexity index is 942. The number of benzene rings is 1. The first-order chi connectivity index (χ1) is 20.8. The Morgan fingerprint density at radius 2 is 1.21 bits per heavy atom. The fourth-order valence-electron chi connectivity index (χ4n) is 4.81. The monoisotopic (exact) mass is 666 g/mol. The molecule has 0 unspecified atom stereocenters. The van der Waals surface area contributed by atoms with Crippen LogP contribution in [0.5, 0.6) is 11.5 Å². The number of hydrogen-bond acceptors (Lipinski definition) is 5. The Morgan fingerprint density at radius 1 is 0.651 bits per heavy atom. The van der Waals surface area contributed by atoms with Gasteiger partial charge in [0.1, 0.15) is 6.17 Å². The van der Waals surface area contributed by atoms with Crippen LogP contribution in [0.3, 0.4) is 0 Å². The van der Waals surface area contributed by atoms with Crippen LogP contribution in [-0.4, -0.2) is 62.0 Å². The molecule has 0 saturated heterocycles.